The number of aliphatic hydroxyl groups excluding tert-OH is 1. The summed E-state index contributed by atoms with van der Waals surface area (Å²) < 4.78 is 10.9. The molecular weight excluding hydrogens is 420 g/mol. The summed E-state index contributed by atoms with van der Waals surface area (Å²) in [6.45, 7) is 5.53. The van der Waals surface area contributed by atoms with E-state index in [-0.39, 0.29) is 5.57 Å². The maximum Gasteiger partial charge on any atom is 0.290 e. The molecule has 3 heterocycles. The van der Waals surface area contributed by atoms with Crippen LogP contribution in [-0.4, -0.2) is 59.4 Å². The van der Waals surface area contributed by atoms with Crippen LogP contribution in [0, 0.1) is 0 Å². The molecule has 0 bridgehead atoms. The standard InChI is InChI=1S/C26H30N2O5/c1-2-32-21-9-6-8-19(18-21)24-23(22(29)12-11-20-10-7-17-33-20)25(30)26(31)28(24)16-15-27-13-4-3-5-14-27/h6-12,17-18,24,30H,2-5,13-16H2,1H3/b12-11+. The van der Waals surface area contributed by atoms with Crippen LogP contribution in [-0.2, 0) is 9.59 Å². The third kappa shape index (κ3) is 5.20. The van der Waals surface area contributed by atoms with E-state index < -0.39 is 23.5 Å². The molecule has 1 fully saturated rings. The van der Waals surface area contributed by atoms with Crippen molar-refractivity contribution in [2.75, 3.05) is 32.8 Å². The average molecular weight is 451 g/mol. The Morgan fingerprint density at radius 2 is 2.00 bits per heavy atom. The molecule has 7 nitrogen and oxygen atoms in total. The number of benzene rings is 1. The minimum atomic E-state index is -0.684. The maximum atomic E-state index is 13.2. The van der Waals surface area contributed by atoms with Gasteiger partial charge in [0, 0.05) is 13.1 Å². The van der Waals surface area contributed by atoms with Gasteiger partial charge < -0.3 is 24.1 Å². The molecule has 4 rings (SSSR count). The van der Waals surface area contributed by atoms with Gasteiger partial charge in [-0.2, -0.15) is 0 Å². The number of hydrogen-bond acceptors (Lipinski definition) is 6. The number of furan rings is 1. The summed E-state index contributed by atoms with van der Waals surface area (Å²) in [5.74, 6) is -0.264. The fourth-order valence-corrected chi connectivity index (χ4v) is 4.49. The van der Waals surface area contributed by atoms with Crippen molar-refractivity contribution in [3.63, 3.8) is 0 Å². The van der Waals surface area contributed by atoms with Crippen molar-refractivity contribution in [1.29, 1.82) is 0 Å². The lowest BCUT2D eigenvalue weighted by Gasteiger charge is -2.31. The van der Waals surface area contributed by atoms with E-state index in [1.807, 2.05) is 31.2 Å². The first-order valence-corrected chi connectivity index (χ1v) is 11.5. The lowest BCUT2D eigenvalue weighted by Crippen LogP contribution is -2.40. The molecule has 33 heavy (non-hydrogen) atoms. The molecular formula is C26H30N2O5. The number of rotatable bonds is 9. The summed E-state index contributed by atoms with van der Waals surface area (Å²) in [6.07, 6.45) is 7.93. The van der Waals surface area contributed by atoms with E-state index in [2.05, 4.69) is 4.90 Å². The average Bonchev–Trinajstić information content (AvgIpc) is 3.44. The lowest BCUT2D eigenvalue weighted by atomic mass is 9.95. The Labute approximate surface area is 193 Å². The van der Waals surface area contributed by atoms with Crippen molar-refractivity contribution in [3.8, 4) is 5.75 Å². The van der Waals surface area contributed by atoms with Crippen LogP contribution in [0.25, 0.3) is 6.08 Å². The molecule has 1 saturated heterocycles. The molecule has 1 atom stereocenters. The molecule has 1 amide bonds. The molecule has 7 heteroatoms. The van der Waals surface area contributed by atoms with Gasteiger partial charge in [0.2, 0.25) is 0 Å². The van der Waals surface area contributed by atoms with Gasteiger partial charge in [-0.25, -0.2) is 0 Å². The van der Waals surface area contributed by atoms with Crippen LogP contribution in [0.4, 0.5) is 0 Å². The van der Waals surface area contributed by atoms with Gasteiger partial charge >= 0.3 is 0 Å². The topological polar surface area (TPSA) is 83.2 Å². The molecule has 0 aliphatic carbocycles. The van der Waals surface area contributed by atoms with Crippen LogP contribution in [0.3, 0.4) is 0 Å². The van der Waals surface area contributed by atoms with Crippen molar-refractivity contribution >= 4 is 17.8 Å². The summed E-state index contributed by atoms with van der Waals surface area (Å²) in [7, 11) is 0. The maximum absolute atomic E-state index is 13.2. The van der Waals surface area contributed by atoms with Crippen molar-refractivity contribution < 1.29 is 23.8 Å². The fraction of sp³-hybridized carbons (Fsp3) is 0.385. The molecule has 1 aromatic carbocycles. The van der Waals surface area contributed by atoms with Gasteiger partial charge in [-0.15, -0.1) is 0 Å². The molecule has 0 radical (unpaired) electrons. The van der Waals surface area contributed by atoms with Crippen molar-refractivity contribution in [1.82, 2.24) is 9.80 Å². The fourth-order valence-electron chi connectivity index (χ4n) is 4.49. The predicted molar refractivity (Wildman–Crippen MR) is 125 cm³/mol. The van der Waals surface area contributed by atoms with Crippen LogP contribution in [0.5, 0.6) is 5.75 Å². The van der Waals surface area contributed by atoms with Crippen LogP contribution < -0.4 is 4.74 Å². The molecule has 0 spiro atoms. The number of hydrogen-bond donors (Lipinski definition) is 1. The molecule has 2 aromatic rings. The van der Waals surface area contributed by atoms with E-state index in [0.717, 1.165) is 31.5 Å². The molecule has 1 aromatic heterocycles. The highest BCUT2D eigenvalue weighted by atomic mass is 16.5. The van der Waals surface area contributed by atoms with Crippen molar-refractivity contribution in [3.05, 3.63) is 71.4 Å². The van der Waals surface area contributed by atoms with Gasteiger partial charge in [-0.1, -0.05) is 18.6 Å². The summed E-state index contributed by atoms with van der Waals surface area (Å²) in [5.41, 5.74) is 0.807. The Hall–Kier alpha value is -3.32. The van der Waals surface area contributed by atoms with Gasteiger partial charge in [-0.05, 0) is 74.8 Å². The molecule has 1 unspecified atom stereocenters. The van der Waals surface area contributed by atoms with E-state index in [1.165, 1.54) is 24.8 Å². The Balaban J connectivity index is 1.64. The highest BCUT2D eigenvalue weighted by Gasteiger charge is 2.43. The second-order valence-electron chi connectivity index (χ2n) is 8.28. The quantitative estimate of drug-likeness (QED) is 0.578. The minimum absolute atomic E-state index is 0.0788. The zero-order chi connectivity index (χ0) is 23.2. The number of allylic oxidation sites excluding steroid dienone is 1. The number of piperidine rings is 1. The highest BCUT2D eigenvalue weighted by molar-refractivity contribution is 6.14. The number of likely N-dealkylation sites (tertiary alicyclic amines) is 1. The second kappa shape index (κ2) is 10.5. The Bertz CT molecular complexity index is 1030. The van der Waals surface area contributed by atoms with Gasteiger partial charge in [0.15, 0.2) is 11.5 Å². The van der Waals surface area contributed by atoms with Crippen molar-refractivity contribution in [2.24, 2.45) is 0 Å². The largest absolute Gasteiger partial charge is 0.503 e. The van der Waals surface area contributed by atoms with E-state index in [1.54, 1.807) is 17.0 Å². The van der Waals surface area contributed by atoms with Crippen LogP contribution in [0.2, 0.25) is 0 Å². The van der Waals surface area contributed by atoms with Crippen LogP contribution in [0.15, 0.2) is 64.5 Å². The number of amides is 1. The molecule has 2 aliphatic heterocycles. The predicted octanol–water partition coefficient (Wildman–Crippen LogP) is 4.14. The second-order valence-corrected chi connectivity index (χ2v) is 8.28. The van der Waals surface area contributed by atoms with Crippen molar-refractivity contribution in [2.45, 2.75) is 32.2 Å². The third-order valence-corrected chi connectivity index (χ3v) is 6.10. The number of ether oxygens (including phenoxy) is 1. The first kappa shape index (κ1) is 22.9. The molecule has 0 saturated carbocycles. The summed E-state index contributed by atoms with van der Waals surface area (Å²) in [5, 5.41) is 10.8. The zero-order valence-corrected chi connectivity index (χ0v) is 18.9. The normalized spacial score (nSPS) is 19.6. The number of carbonyl (C=O) groups is 2. The Morgan fingerprint density at radius 1 is 1.18 bits per heavy atom. The monoisotopic (exact) mass is 450 g/mol. The highest BCUT2D eigenvalue weighted by Crippen LogP contribution is 2.39. The smallest absolute Gasteiger partial charge is 0.290 e. The summed E-state index contributed by atoms with van der Waals surface area (Å²) in [6, 6.07) is 10.1. The number of carbonyl (C=O) groups excluding carboxylic acids is 2. The molecule has 174 valence electrons. The summed E-state index contributed by atoms with van der Waals surface area (Å²) >= 11 is 0. The van der Waals surface area contributed by atoms with Crippen LogP contribution >= 0.6 is 0 Å². The van der Waals surface area contributed by atoms with E-state index in [4.69, 9.17) is 9.15 Å². The number of nitrogens with zero attached hydrogens (tertiary/aromatic N) is 2. The Kier molecular flexibility index (Phi) is 7.29. The van der Waals surface area contributed by atoms with E-state index >= 15 is 0 Å². The van der Waals surface area contributed by atoms with Gasteiger partial charge in [0.05, 0.1) is 24.5 Å². The number of aliphatic hydroxyl groups is 1. The van der Waals surface area contributed by atoms with E-state index in [0.29, 0.717) is 31.2 Å². The lowest BCUT2D eigenvalue weighted by molar-refractivity contribution is -0.129. The van der Waals surface area contributed by atoms with Crippen LogP contribution in [0.1, 0.15) is 43.6 Å². The molecule has 2 aliphatic rings. The van der Waals surface area contributed by atoms with Gasteiger partial charge in [-0.3, -0.25) is 9.59 Å². The zero-order valence-electron chi connectivity index (χ0n) is 18.9. The molecule has 1 N–H and O–H groups in total. The third-order valence-electron chi connectivity index (χ3n) is 6.10. The van der Waals surface area contributed by atoms with Gasteiger partial charge in [0.1, 0.15) is 11.5 Å². The SMILES string of the molecule is CCOc1cccc(C2C(C(=O)/C=C/c3ccco3)=C(O)C(=O)N2CCN2CCCCC2)c1. The summed E-state index contributed by atoms with van der Waals surface area (Å²) in [4.78, 5) is 30.2. The Morgan fingerprint density at radius 3 is 2.73 bits per heavy atom. The number of ketones is 1. The first-order valence-electron chi connectivity index (χ1n) is 11.5. The minimum Gasteiger partial charge on any atom is -0.503 e. The van der Waals surface area contributed by atoms with E-state index in [9.17, 15) is 14.7 Å². The van der Waals surface area contributed by atoms with Gasteiger partial charge in [0.25, 0.3) is 5.91 Å². The first-order chi connectivity index (χ1) is 16.1.